The van der Waals surface area contributed by atoms with Crippen LogP contribution in [0.2, 0.25) is 0 Å². The SMILES string of the molecule is C1CN(Cc2c3c(c(CN4CCOCC4)c4c2C[N+]2(CCOCC2)C4)C[N+]2(CCOCC2)C3)CCO1. The van der Waals surface area contributed by atoms with Gasteiger partial charge in [0.05, 0.1) is 52.9 Å². The van der Waals surface area contributed by atoms with Crippen LogP contribution >= 0.6 is 0 Å². The molecule has 8 heteroatoms. The van der Waals surface area contributed by atoms with Crippen LogP contribution < -0.4 is 0 Å². The summed E-state index contributed by atoms with van der Waals surface area (Å²) in [6.07, 6.45) is 0. The van der Waals surface area contributed by atoms with Crippen LogP contribution in [0, 0.1) is 0 Å². The van der Waals surface area contributed by atoms with Gasteiger partial charge in [-0.25, -0.2) is 0 Å². The van der Waals surface area contributed by atoms with Gasteiger partial charge in [-0.05, 0) is 11.1 Å². The quantitative estimate of drug-likeness (QED) is 0.577. The van der Waals surface area contributed by atoms with Crippen molar-refractivity contribution in [2.75, 3.05) is 105 Å². The molecule has 0 bridgehead atoms. The lowest BCUT2D eigenvalue weighted by Gasteiger charge is -2.38. The molecular weight excluding hydrogens is 456 g/mol. The summed E-state index contributed by atoms with van der Waals surface area (Å²) in [5, 5.41) is 0. The Morgan fingerprint density at radius 1 is 0.444 bits per heavy atom. The van der Waals surface area contributed by atoms with Gasteiger partial charge in [-0.3, -0.25) is 9.80 Å². The van der Waals surface area contributed by atoms with Crippen LogP contribution in [0.15, 0.2) is 0 Å². The fraction of sp³-hybridized carbons (Fsp3) is 0.786. The van der Waals surface area contributed by atoms with Gasteiger partial charge in [-0.2, -0.15) is 0 Å². The van der Waals surface area contributed by atoms with Crippen molar-refractivity contribution in [1.82, 2.24) is 9.80 Å². The number of rotatable bonds is 4. The first-order chi connectivity index (χ1) is 17.7. The van der Waals surface area contributed by atoms with Crippen molar-refractivity contribution in [3.63, 3.8) is 0 Å². The molecule has 8 nitrogen and oxygen atoms in total. The van der Waals surface area contributed by atoms with E-state index in [2.05, 4.69) is 9.80 Å². The molecule has 4 fully saturated rings. The summed E-state index contributed by atoms with van der Waals surface area (Å²) in [5.74, 6) is 0. The predicted molar refractivity (Wildman–Crippen MR) is 135 cm³/mol. The molecule has 6 heterocycles. The normalized spacial score (nSPS) is 28.0. The monoisotopic (exact) mass is 500 g/mol. The number of hydrogen-bond donors (Lipinski definition) is 0. The molecule has 198 valence electrons. The topological polar surface area (TPSA) is 43.4 Å². The van der Waals surface area contributed by atoms with Gasteiger partial charge in [0.1, 0.15) is 52.4 Å². The molecule has 1 aromatic rings. The highest BCUT2D eigenvalue weighted by Crippen LogP contribution is 2.45. The molecule has 6 aliphatic heterocycles. The van der Waals surface area contributed by atoms with Crippen molar-refractivity contribution in [3.05, 3.63) is 33.4 Å². The van der Waals surface area contributed by atoms with Gasteiger partial charge >= 0.3 is 0 Å². The number of ether oxygens (including phenoxy) is 4. The second-order valence-corrected chi connectivity index (χ2v) is 12.1. The van der Waals surface area contributed by atoms with Gasteiger partial charge in [0, 0.05) is 61.5 Å². The molecule has 0 N–H and O–H groups in total. The minimum Gasteiger partial charge on any atom is -0.379 e. The van der Waals surface area contributed by atoms with Crippen molar-refractivity contribution < 1.29 is 27.9 Å². The zero-order chi connectivity index (χ0) is 24.0. The van der Waals surface area contributed by atoms with E-state index in [9.17, 15) is 0 Å². The first-order valence-electron chi connectivity index (χ1n) is 14.4. The highest BCUT2D eigenvalue weighted by molar-refractivity contribution is 5.53. The van der Waals surface area contributed by atoms with Gasteiger partial charge < -0.3 is 27.9 Å². The van der Waals surface area contributed by atoms with Crippen molar-refractivity contribution in [2.45, 2.75) is 39.3 Å². The predicted octanol–water partition coefficient (Wildman–Crippen LogP) is 1.07. The van der Waals surface area contributed by atoms with Crippen molar-refractivity contribution >= 4 is 0 Å². The maximum Gasteiger partial charge on any atom is 0.106 e. The molecule has 0 aromatic heterocycles. The Morgan fingerprint density at radius 2 is 0.750 bits per heavy atom. The van der Waals surface area contributed by atoms with E-state index >= 15 is 0 Å². The fourth-order valence-corrected chi connectivity index (χ4v) is 7.75. The highest BCUT2D eigenvalue weighted by Gasteiger charge is 2.47. The van der Waals surface area contributed by atoms with Gasteiger partial charge in [0.15, 0.2) is 0 Å². The van der Waals surface area contributed by atoms with E-state index in [1.807, 2.05) is 0 Å². The molecule has 0 amide bonds. The largest absolute Gasteiger partial charge is 0.379 e. The summed E-state index contributed by atoms with van der Waals surface area (Å²) in [4.78, 5) is 5.32. The molecule has 2 spiro atoms. The molecule has 0 unspecified atom stereocenters. The Morgan fingerprint density at radius 3 is 1.08 bits per heavy atom. The standard InChI is InChI=1S/C28H44N4O4/c1-9-33-10-2-29(1)17-23-25-19-31(5-13-35-14-6-31)21-27(25)24(18-30-3-11-34-12-4-30)28-22-32(20-26(23)28)7-15-36-16-8-32/h1-22H2/q+2. The zero-order valence-electron chi connectivity index (χ0n) is 22.0. The van der Waals surface area contributed by atoms with Crippen LogP contribution in [0.5, 0.6) is 0 Å². The average Bonchev–Trinajstić information content (AvgIpc) is 3.47. The van der Waals surface area contributed by atoms with E-state index in [0.29, 0.717) is 0 Å². The summed E-state index contributed by atoms with van der Waals surface area (Å²) in [7, 11) is 0. The molecule has 0 atom stereocenters. The maximum absolute atomic E-state index is 5.84. The van der Waals surface area contributed by atoms with E-state index in [4.69, 9.17) is 18.9 Å². The number of quaternary nitrogens is 2. The molecule has 1 aromatic carbocycles. The van der Waals surface area contributed by atoms with Gasteiger partial charge in [0.25, 0.3) is 0 Å². The van der Waals surface area contributed by atoms with E-state index in [-0.39, 0.29) is 0 Å². The maximum atomic E-state index is 5.84. The molecular formula is C28H44N4O4+2. The first kappa shape index (κ1) is 24.0. The summed E-state index contributed by atoms with van der Waals surface area (Å²) < 4.78 is 25.5. The number of morpholine rings is 4. The second-order valence-electron chi connectivity index (χ2n) is 12.1. The summed E-state index contributed by atoms with van der Waals surface area (Å²) in [6.45, 7) is 23.0. The van der Waals surface area contributed by atoms with Crippen LogP contribution in [0.1, 0.15) is 33.4 Å². The summed E-state index contributed by atoms with van der Waals surface area (Å²) >= 11 is 0. The van der Waals surface area contributed by atoms with Crippen molar-refractivity contribution in [2.24, 2.45) is 0 Å². The molecule has 0 radical (unpaired) electrons. The first-order valence-corrected chi connectivity index (χ1v) is 14.4. The molecule has 6 aliphatic rings. The molecule has 4 saturated heterocycles. The Bertz CT molecular complexity index is 843. The Kier molecular flexibility index (Phi) is 6.59. The van der Waals surface area contributed by atoms with Gasteiger partial charge in [-0.1, -0.05) is 0 Å². The minimum atomic E-state index is 0.869. The number of hydrogen-bond acceptors (Lipinski definition) is 6. The van der Waals surface area contributed by atoms with Crippen LogP contribution in [-0.4, -0.2) is 124 Å². The van der Waals surface area contributed by atoms with E-state index < -0.39 is 0 Å². The molecule has 36 heavy (non-hydrogen) atoms. The summed E-state index contributed by atoms with van der Waals surface area (Å²) in [6, 6.07) is 0. The zero-order valence-corrected chi connectivity index (χ0v) is 22.0. The number of fused-ring (bicyclic) bond motifs is 2. The Labute approximate surface area is 215 Å². The lowest BCUT2D eigenvalue weighted by Crippen LogP contribution is -2.51. The second kappa shape index (κ2) is 9.89. The van der Waals surface area contributed by atoms with Crippen LogP contribution in [0.25, 0.3) is 0 Å². The molecule has 0 saturated carbocycles. The Hall–Kier alpha value is -1.10. The third-order valence-electron chi connectivity index (χ3n) is 9.97. The lowest BCUT2D eigenvalue weighted by molar-refractivity contribution is -0.954. The van der Waals surface area contributed by atoms with Crippen molar-refractivity contribution in [1.29, 1.82) is 0 Å². The Balaban J connectivity index is 1.32. The van der Waals surface area contributed by atoms with E-state index in [0.717, 1.165) is 118 Å². The molecule has 7 rings (SSSR count). The number of benzene rings is 1. The highest BCUT2D eigenvalue weighted by atomic mass is 16.5. The fourth-order valence-electron chi connectivity index (χ4n) is 7.75. The average molecular weight is 501 g/mol. The van der Waals surface area contributed by atoms with Gasteiger partial charge in [0.2, 0.25) is 0 Å². The van der Waals surface area contributed by atoms with Crippen LogP contribution in [0.4, 0.5) is 0 Å². The van der Waals surface area contributed by atoms with E-state index in [1.54, 1.807) is 33.4 Å². The minimum absolute atomic E-state index is 0.869. The van der Waals surface area contributed by atoms with Gasteiger partial charge in [-0.15, -0.1) is 0 Å². The third-order valence-corrected chi connectivity index (χ3v) is 9.97. The van der Waals surface area contributed by atoms with Crippen LogP contribution in [-0.2, 0) is 58.2 Å². The van der Waals surface area contributed by atoms with E-state index in [1.165, 1.54) is 35.1 Å². The lowest BCUT2D eigenvalue weighted by atomic mass is 9.88. The van der Waals surface area contributed by atoms with Crippen LogP contribution in [0.3, 0.4) is 0 Å². The molecule has 0 aliphatic carbocycles. The smallest absolute Gasteiger partial charge is 0.106 e. The third kappa shape index (κ3) is 4.43. The summed E-state index contributed by atoms with van der Waals surface area (Å²) in [5.41, 5.74) is 10.2. The number of nitrogens with zero attached hydrogens (tertiary/aromatic N) is 4. The van der Waals surface area contributed by atoms with Crippen molar-refractivity contribution in [3.8, 4) is 0 Å².